The predicted molar refractivity (Wildman–Crippen MR) is 365 cm³/mol. The Hall–Kier alpha value is -9.60. The van der Waals surface area contributed by atoms with Crippen molar-refractivity contribution in [1.29, 1.82) is 0 Å². The second-order valence-corrected chi connectivity index (χ2v) is 25.9. The molecule has 0 aliphatic rings. The van der Waals surface area contributed by atoms with Crippen molar-refractivity contribution in [2.24, 2.45) is 0 Å². The summed E-state index contributed by atoms with van der Waals surface area (Å²) in [6.07, 6.45) is 4.30. The number of hydrogen-bond donors (Lipinski definition) is 0. The molecule has 0 saturated carbocycles. The SMILES string of the molecule is CC(C)(C)c1ccc(N(c2ccc(/C=C/c3ccnc(-c4cc(OC=O)cc(-c5cc(OC=O)ccn5)n4)c3)cc2)c2ccc(C(C)(C)C)cc2)cc1.CC(C)(C)c1ccc(N(c2ccc(C(C)(C)C)cc2)c2ccnc(-c3cc(C(F)(F)F)n[n-]3)c2)cc1.[N-]=C=S.[Ru+2]. The molecule has 0 atom stereocenters. The number of hydrogen-bond acceptors (Lipinski definition) is 12. The second-order valence-electron chi connectivity index (χ2n) is 25.7. The van der Waals surface area contributed by atoms with Gasteiger partial charge in [0.25, 0.3) is 12.9 Å². The summed E-state index contributed by atoms with van der Waals surface area (Å²) in [6, 6.07) is 57.5. The largest absolute Gasteiger partial charge is 2.00 e. The maximum Gasteiger partial charge on any atom is 2.00 e. The first kappa shape index (κ1) is 70.9. The van der Waals surface area contributed by atoms with Gasteiger partial charge in [-0.15, -0.1) is 0 Å². The fraction of sp³-hybridized carbons (Fsp3) is 0.227. The standard InChI is InChI=1S/C45H42N4O4.C29H30F3N4.CNS.Ru/c1-44(2,3)33-11-17-36(18-12-33)49(37-19-13-34(14-20-37)45(4,5)6)35-15-9-31(10-16-35)7-8-32-21-23-46-40(25-32)42-27-39(53-30-51)28-43(48-42)41-26-38(52-29-50)22-24-47-41;1-27(2,3)19-7-11-21(12-8-19)36(22-13-9-20(10-14-22)28(4,5)6)23-15-16-33-24(17-23)25-18-26(35-34-25)29(30,31)32;2-1-3;/h7-30H,1-6H3;7-18H,1-6H3;;/q;2*-1;+2/b8-7+;;;. The molecule has 0 unspecified atom stereocenters. The maximum atomic E-state index is 13.1. The number of rotatable bonds is 15. The van der Waals surface area contributed by atoms with Gasteiger partial charge >= 0.3 is 25.7 Å². The molecule has 5 heterocycles. The van der Waals surface area contributed by atoms with Gasteiger partial charge in [-0.05, 0) is 152 Å². The Labute approximate surface area is 560 Å². The number of alkyl halides is 3. The minimum Gasteiger partial charge on any atom is -0.753 e. The first-order valence-corrected chi connectivity index (χ1v) is 30.0. The minimum atomic E-state index is -4.56. The van der Waals surface area contributed by atoms with E-state index in [1.54, 1.807) is 42.7 Å². The number of pyridine rings is 4. The third kappa shape index (κ3) is 18.8. The van der Waals surface area contributed by atoms with E-state index in [0.717, 1.165) is 51.3 Å². The summed E-state index contributed by atoms with van der Waals surface area (Å²) in [4.78, 5) is 44.3. The van der Waals surface area contributed by atoms with Crippen molar-refractivity contribution in [3.8, 4) is 45.7 Å². The van der Waals surface area contributed by atoms with Crippen LogP contribution >= 0.6 is 12.2 Å². The fourth-order valence-corrected chi connectivity index (χ4v) is 9.78. The van der Waals surface area contributed by atoms with Gasteiger partial charge in [-0.25, -0.2) is 4.98 Å². The van der Waals surface area contributed by atoms with Gasteiger partial charge in [-0.2, -0.15) is 18.3 Å². The summed E-state index contributed by atoms with van der Waals surface area (Å²) in [7, 11) is 0. The van der Waals surface area contributed by atoms with Gasteiger partial charge in [-0.3, -0.25) is 24.5 Å². The maximum absolute atomic E-state index is 13.1. The van der Waals surface area contributed by atoms with E-state index in [1.165, 1.54) is 33.6 Å². The molecule has 13 nitrogen and oxygen atoms in total. The number of nitrogens with zero attached hydrogens (tertiary/aromatic N) is 9. The number of carbonyl (C=O) groups is 2. The van der Waals surface area contributed by atoms with E-state index in [9.17, 15) is 22.8 Å². The Kier molecular flexibility index (Phi) is 23.0. The van der Waals surface area contributed by atoms with Gasteiger partial charge in [0, 0.05) is 70.9 Å². The third-order valence-electron chi connectivity index (χ3n) is 14.9. The summed E-state index contributed by atoms with van der Waals surface area (Å²) in [5, 5.41) is 15.5. The average Bonchev–Trinajstić information content (AvgIpc) is 1.28. The molecule has 0 spiro atoms. The summed E-state index contributed by atoms with van der Waals surface area (Å²) < 4.78 is 49.4. The zero-order valence-corrected chi connectivity index (χ0v) is 56.4. The summed E-state index contributed by atoms with van der Waals surface area (Å²) in [5.41, 5.74) is 14.2. The van der Waals surface area contributed by atoms with Crippen molar-refractivity contribution in [2.75, 3.05) is 9.80 Å². The molecule has 5 aromatic carbocycles. The Balaban J connectivity index is 0.000000267. The van der Waals surface area contributed by atoms with Crippen LogP contribution in [0.3, 0.4) is 0 Å². The van der Waals surface area contributed by atoms with Gasteiger partial charge in [0.15, 0.2) is 0 Å². The minimum absolute atomic E-state index is 0. The third-order valence-corrected chi connectivity index (χ3v) is 14.9. The summed E-state index contributed by atoms with van der Waals surface area (Å²) in [5.74, 6) is 0.584. The number of aromatic nitrogens is 6. The smallest absolute Gasteiger partial charge is 0.753 e. The van der Waals surface area contributed by atoms with Crippen LogP contribution in [0.5, 0.6) is 11.5 Å². The van der Waals surface area contributed by atoms with Crippen molar-refractivity contribution in [2.45, 2.75) is 111 Å². The van der Waals surface area contributed by atoms with E-state index in [0.29, 0.717) is 47.2 Å². The van der Waals surface area contributed by atoms with Crippen LogP contribution in [0, 0.1) is 0 Å². The summed E-state index contributed by atoms with van der Waals surface area (Å²) >= 11 is 3.70. The van der Waals surface area contributed by atoms with E-state index >= 15 is 0 Å². The summed E-state index contributed by atoms with van der Waals surface area (Å²) in [6.45, 7) is 27.0. The van der Waals surface area contributed by atoms with Gasteiger partial charge in [0.1, 0.15) is 17.2 Å². The Morgan fingerprint density at radius 1 is 0.441 bits per heavy atom. The number of anilines is 6. The van der Waals surface area contributed by atoms with Crippen molar-refractivity contribution in [3.05, 3.63) is 239 Å². The Morgan fingerprint density at radius 2 is 0.796 bits per heavy atom. The molecule has 10 aromatic rings. The van der Waals surface area contributed by atoms with Gasteiger partial charge in [0.05, 0.1) is 28.5 Å². The molecule has 0 amide bonds. The van der Waals surface area contributed by atoms with Crippen molar-refractivity contribution >= 4 is 76.6 Å². The van der Waals surface area contributed by atoms with Crippen LogP contribution in [-0.4, -0.2) is 43.1 Å². The molecular formula is C75H72F3N9O4RuS. The van der Waals surface area contributed by atoms with Crippen LogP contribution in [0.4, 0.5) is 47.3 Å². The molecule has 0 fully saturated rings. The molecular weight excluding hydrogens is 1280 g/mol. The number of halogens is 3. The molecule has 0 aliphatic heterocycles. The Bertz CT molecular complexity index is 4090. The number of ether oxygens (including phenoxy) is 2. The van der Waals surface area contributed by atoms with Gasteiger partial charge in [0.2, 0.25) is 0 Å². The molecule has 18 heteroatoms. The topological polar surface area (TPSA) is 160 Å². The van der Waals surface area contributed by atoms with Crippen LogP contribution in [0.15, 0.2) is 195 Å². The van der Waals surface area contributed by atoms with Crippen LogP contribution in [0.2, 0.25) is 0 Å². The average molecular weight is 1350 g/mol. The monoisotopic (exact) mass is 1350 g/mol. The molecule has 10 rings (SSSR count). The van der Waals surface area contributed by atoms with E-state index < -0.39 is 11.9 Å². The number of isothiocyanates is 1. The molecule has 0 saturated heterocycles. The van der Waals surface area contributed by atoms with Crippen molar-refractivity contribution in [3.63, 3.8) is 0 Å². The number of benzene rings is 5. The molecule has 5 aromatic heterocycles. The first-order valence-electron chi connectivity index (χ1n) is 29.6. The Morgan fingerprint density at radius 3 is 1.20 bits per heavy atom. The normalized spacial score (nSPS) is 11.6. The van der Waals surface area contributed by atoms with Gasteiger partial charge < -0.3 is 34.9 Å². The molecule has 476 valence electrons. The molecule has 0 N–H and O–H groups in total. The molecule has 93 heavy (non-hydrogen) atoms. The molecule has 0 aliphatic carbocycles. The predicted octanol–water partition coefficient (Wildman–Crippen LogP) is 19.4. The first-order chi connectivity index (χ1) is 43.6. The fourth-order valence-electron chi connectivity index (χ4n) is 9.78. The van der Waals surface area contributed by atoms with E-state index in [-0.39, 0.29) is 52.6 Å². The molecule has 0 radical (unpaired) electrons. The zero-order valence-electron chi connectivity index (χ0n) is 53.8. The number of thiocarbonyl (C=S) groups is 1. The van der Waals surface area contributed by atoms with Crippen LogP contribution in [-0.2, 0) is 56.9 Å². The zero-order chi connectivity index (χ0) is 66.6. The van der Waals surface area contributed by atoms with E-state index in [2.05, 4.69) is 258 Å². The van der Waals surface area contributed by atoms with Crippen LogP contribution in [0.1, 0.15) is 122 Å². The van der Waals surface area contributed by atoms with E-state index in [1.807, 2.05) is 24.3 Å². The van der Waals surface area contributed by atoms with E-state index in [4.69, 9.17) is 19.9 Å². The van der Waals surface area contributed by atoms with Crippen molar-refractivity contribution in [1.82, 2.24) is 30.1 Å². The molecule has 0 bridgehead atoms. The number of carbonyl (C=O) groups excluding carboxylic acids is 2. The quantitative estimate of drug-likeness (QED) is 0.0413. The van der Waals surface area contributed by atoms with Crippen LogP contribution < -0.4 is 24.4 Å². The van der Waals surface area contributed by atoms with Crippen molar-refractivity contribution < 1.29 is 51.7 Å². The van der Waals surface area contributed by atoms with Gasteiger partial charge in [-0.1, -0.05) is 174 Å². The second kappa shape index (κ2) is 30.2. The van der Waals surface area contributed by atoms with Crippen LogP contribution in [0.25, 0.3) is 51.7 Å².